The molecule has 2 aromatic carbocycles. The zero-order chi connectivity index (χ0) is 18.4. The van der Waals surface area contributed by atoms with Crippen molar-refractivity contribution in [3.63, 3.8) is 0 Å². The molecule has 1 fully saturated rings. The van der Waals surface area contributed by atoms with Gasteiger partial charge in [-0.25, -0.2) is 0 Å². The fourth-order valence-corrected chi connectivity index (χ4v) is 3.33. The molecule has 146 valence electrons. The minimum absolute atomic E-state index is 0. The summed E-state index contributed by atoms with van der Waals surface area (Å²) in [5.74, 6) is -0.00389. The van der Waals surface area contributed by atoms with Crippen LogP contribution >= 0.6 is 12.4 Å². The molecule has 3 rings (SSSR count). The number of aliphatic hydroxyl groups is 1. The molecule has 1 aliphatic heterocycles. The van der Waals surface area contributed by atoms with Crippen molar-refractivity contribution in [1.82, 2.24) is 15.5 Å². The number of nitrogens with zero attached hydrogens (tertiary/aromatic N) is 1. The lowest BCUT2D eigenvalue weighted by atomic mass is 10.1. The maximum Gasteiger partial charge on any atom is 0.251 e. The topological polar surface area (TPSA) is 64.6 Å². The third kappa shape index (κ3) is 6.33. The largest absolute Gasteiger partial charge is 0.391 e. The van der Waals surface area contributed by atoms with Crippen molar-refractivity contribution in [3.05, 3.63) is 71.3 Å². The maximum absolute atomic E-state index is 12.4. The van der Waals surface area contributed by atoms with Crippen LogP contribution in [0.15, 0.2) is 54.6 Å². The standard InChI is InChI=1S/C21H27N3O2.ClH/c1-24(14-16-6-3-2-4-7-16)15-17-8-5-9-18(10-17)21(26)23-12-19-11-22-13-20(19)25;/h2-10,19-20,22,25H,11-15H2,1H3,(H,23,26);1H. The molecule has 1 aliphatic rings. The fourth-order valence-electron chi connectivity index (χ4n) is 3.33. The summed E-state index contributed by atoms with van der Waals surface area (Å²) in [4.78, 5) is 14.6. The molecular weight excluding hydrogens is 362 g/mol. The predicted octanol–water partition coefficient (Wildman–Crippen LogP) is 2.05. The number of hydrogen-bond acceptors (Lipinski definition) is 4. The minimum atomic E-state index is -0.381. The van der Waals surface area contributed by atoms with Crippen molar-refractivity contribution in [1.29, 1.82) is 0 Å². The van der Waals surface area contributed by atoms with E-state index in [2.05, 4.69) is 34.7 Å². The molecule has 0 radical (unpaired) electrons. The van der Waals surface area contributed by atoms with Gasteiger partial charge in [-0.2, -0.15) is 0 Å². The van der Waals surface area contributed by atoms with E-state index >= 15 is 0 Å². The number of benzene rings is 2. The molecule has 3 N–H and O–H groups in total. The number of nitrogens with one attached hydrogen (secondary N) is 2. The molecule has 5 nitrogen and oxygen atoms in total. The van der Waals surface area contributed by atoms with Crippen LogP contribution in [-0.2, 0) is 13.1 Å². The Kier molecular flexibility index (Phi) is 8.25. The third-order valence-electron chi connectivity index (χ3n) is 4.77. The molecule has 0 aromatic heterocycles. The molecule has 2 aromatic rings. The van der Waals surface area contributed by atoms with Crippen molar-refractivity contribution in [2.45, 2.75) is 19.2 Å². The van der Waals surface area contributed by atoms with Gasteiger partial charge < -0.3 is 15.7 Å². The molecular formula is C21H28ClN3O2. The van der Waals surface area contributed by atoms with Crippen molar-refractivity contribution < 1.29 is 9.90 Å². The molecule has 0 bridgehead atoms. The number of amides is 1. The first-order chi connectivity index (χ1) is 12.6. The van der Waals surface area contributed by atoms with E-state index in [1.807, 2.05) is 42.5 Å². The lowest BCUT2D eigenvalue weighted by Gasteiger charge is -2.18. The van der Waals surface area contributed by atoms with Crippen LogP contribution in [0.25, 0.3) is 0 Å². The highest BCUT2D eigenvalue weighted by Gasteiger charge is 2.25. The number of halogens is 1. The van der Waals surface area contributed by atoms with E-state index in [-0.39, 0.29) is 30.3 Å². The van der Waals surface area contributed by atoms with Gasteiger partial charge in [-0.15, -0.1) is 12.4 Å². The summed E-state index contributed by atoms with van der Waals surface area (Å²) in [5.41, 5.74) is 3.04. The van der Waals surface area contributed by atoms with Crippen LogP contribution in [0.2, 0.25) is 0 Å². The van der Waals surface area contributed by atoms with E-state index in [1.54, 1.807) is 0 Å². The SMILES string of the molecule is CN(Cc1ccccc1)Cc1cccc(C(=O)NCC2CNCC2O)c1.Cl. The van der Waals surface area contributed by atoms with Crippen LogP contribution in [0, 0.1) is 5.92 Å². The molecule has 2 atom stereocenters. The number of β-amino-alcohol motifs (C(OH)–C–C–N with tert-alkyl or cyclic N) is 1. The summed E-state index contributed by atoms with van der Waals surface area (Å²) >= 11 is 0. The first-order valence-corrected chi connectivity index (χ1v) is 9.10. The van der Waals surface area contributed by atoms with Gasteiger partial charge in [0.15, 0.2) is 0 Å². The second-order valence-corrected chi connectivity index (χ2v) is 7.05. The third-order valence-corrected chi connectivity index (χ3v) is 4.77. The van der Waals surface area contributed by atoms with Gasteiger partial charge in [-0.05, 0) is 30.3 Å². The Labute approximate surface area is 167 Å². The van der Waals surface area contributed by atoms with E-state index in [1.165, 1.54) is 5.56 Å². The lowest BCUT2D eigenvalue weighted by Crippen LogP contribution is -2.34. The van der Waals surface area contributed by atoms with E-state index in [0.717, 1.165) is 25.2 Å². The first-order valence-electron chi connectivity index (χ1n) is 9.10. The number of aliphatic hydroxyl groups excluding tert-OH is 1. The Balaban J connectivity index is 0.00000261. The summed E-state index contributed by atoms with van der Waals surface area (Å²) in [5, 5.41) is 15.9. The van der Waals surface area contributed by atoms with Crippen LogP contribution in [0.1, 0.15) is 21.5 Å². The Morgan fingerprint density at radius 3 is 2.52 bits per heavy atom. The molecule has 1 heterocycles. The van der Waals surface area contributed by atoms with Crippen LogP contribution in [0.3, 0.4) is 0 Å². The lowest BCUT2D eigenvalue weighted by molar-refractivity contribution is 0.0927. The second-order valence-electron chi connectivity index (χ2n) is 7.05. The van der Waals surface area contributed by atoms with E-state index in [4.69, 9.17) is 0 Å². The van der Waals surface area contributed by atoms with E-state index in [9.17, 15) is 9.90 Å². The average molecular weight is 390 g/mol. The Hall–Kier alpha value is -1.92. The normalized spacial score (nSPS) is 18.9. The van der Waals surface area contributed by atoms with Crippen LogP contribution in [-0.4, -0.2) is 48.7 Å². The second kappa shape index (κ2) is 10.4. The minimum Gasteiger partial charge on any atom is -0.391 e. The van der Waals surface area contributed by atoms with Crippen LogP contribution in [0.5, 0.6) is 0 Å². The maximum atomic E-state index is 12.4. The summed E-state index contributed by atoms with van der Waals surface area (Å²) in [6.45, 7) is 3.48. The predicted molar refractivity (Wildman–Crippen MR) is 110 cm³/mol. The molecule has 0 aliphatic carbocycles. The summed E-state index contributed by atoms with van der Waals surface area (Å²) in [6.07, 6.45) is -0.381. The quantitative estimate of drug-likeness (QED) is 0.678. The zero-order valence-electron chi connectivity index (χ0n) is 15.6. The van der Waals surface area contributed by atoms with Gasteiger partial charge in [0.05, 0.1) is 6.10 Å². The first kappa shape index (κ1) is 21.4. The number of carbonyl (C=O) groups excluding carboxylic acids is 1. The van der Waals surface area contributed by atoms with Crippen molar-refractivity contribution >= 4 is 18.3 Å². The van der Waals surface area contributed by atoms with Gasteiger partial charge in [0, 0.05) is 44.2 Å². The summed E-state index contributed by atoms with van der Waals surface area (Å²) in [6, 6.07) is 18.1. The Morgan fingerprint density at radius 2 is 1.81 bits per heavy atom. The van der Waals surface area contributed by atoms with Crippen molar-refractivity contribution in [2.24, 2.45) is 5.92 Å². The molecule has 2 unspecified atom stereocenters. The van der Waals surface area contributed by atoms with Gasteiger partial charge in [0.2, 0.25) is 0 Å². The van der Waals surface area contributed by atoms with Crippen molar-refractivity contribution in [3.8, 4) is 0 Å². The van der Waals surface area contributed by atoms with Crippen molar-refractivity contribution in [2.75, 3.05) is 26.7 Å². The van der Waals surface area contributed by atoms with E-state index < -0.39 is 0 Å². The van der Waals surface area contributed by atoms with Gasteiger partial charge >= 0.3 is 0 Å². The van der Waals surface area contributed by atoms with E-state index in [0.29, 0.717) is 18.7 Å². The van der Waals surface area contributed by atoms with Gasteiger partial charge in [0.25, 0.3) is 5.91 Å². The van der Waals surface area contributed by atoms with Gasteiger partial charge in [-0.3, -0.25) is 9.69 Å². The molecule has 6 heteroatoms. The fraction of sp³-hybridized carbons (Fsp3) is 0.381. The van der Waals surface area contributed by atoms with Gasteiger partial charge in [-0.1, -0.05) is 42.5 Å². The Bertz CT molecular complexity index is 726. The molecule has 1 saturated heterocycles. The molecule has 1 amide bonds. The Morgan fingerprint density at radius 1 is 1.11 bits per heavy atom. The smallest absolute Gasteiger partial charge is 0.251 e. The molecule has 0 saturated carbocycles. The summed E-state index contributed by atoms with van der Waals surface area (Å²) in [7, 11) is 2.08. The van der Waals surface area contributed by atoms with Crippen LogP contribution in [0.4, 0.5) is 0 Å². The number of carbonyl (C=O) groups is 1. The molecule has 0 spiro atoms. The number of hydrogen-bond donors (Lipinski definition) is 3. The highest BCUT2D eigenvalue weighted by molar-refractivity contribution is 5.94. The number of rotatable bonds is 7. The summed E-state index contributed by atoms with van der Waals surface area (Å²) < 4.78 is 0. The zero-order valence-corrected chi connectivity index (χ0v) is 16.4. The van der Waals surface area contributed by atoms with Gasteiger partial charge in [0.1, 0.15) is 0 Å². The highest BCUT2D eigenvalue weighted by atomic mass is 35.5. The van der Waals surface area contributed by atoms with Crippen LogP contribution < -0.4 is 10.6 Å². The molecule has 27 heavy (non-hydrogen) atoms. The monoisotopic (exact) mass is 389 g/mol. The highest BCUT2D eigenvalue weighted by Crippen LogP contribution is 2.12. The average Bonchev–Trinajstić information content (AvgIpc) is 3.05.